The van der Waals surface area contributed by atoms with Gasteiger partial charge in [0.1, 0.15) is 0 Å². The molecule has 0 saturated carbocycles. The standard InChI is InChI=1S/C15H12Cl2O2S/c16-12-6-13(17)8-14(7-12)20-9-11-3-1-10(2-4-11)5-15(18)19/h1-4,6-8H,5,9H2,(H,18,19). The Kier molecular flexibility index (Phi) is 5.35. The summed E-state index contributed by atoms with van der Waals surface area (Å²) in [5, 5.41) is 9.96. The van der Waals surface area contributed by atoms with E-state index in [-0.39, 0.29) is 6.42 Å². The first-order chi connectivity index (χ1) is 9.52. The zero-order chi connectivity index (χ0) is 14.5. The van der Waals surface area contributed by atoms with Gasteiger partial charge in [-0.1, -0.05) is 47.5 Å². The number of hydrogen-bond donors (Lipinski definition) is 1. The van der Waals surface area contributed by atoms with Crippen LogP contribution in [-0.4, -0.2) is 11.1 Å². The molecule has 0 saturated heterocycles. The summed E-state index contributed by atoms with van der Waals surface area (Å²) < 4.78 is 0. The van der Waals surface area contributed by atoms with Gasteiger partial charge in [-0.2, -0.15) is 0 Å². The summed E-state index contributed by atoms with van der Waals surface area (Å²) in [6.07, 6.45) is 0.0529. The van der Waals surface area contributed by atoms with Gasteiger partial charge in [0, 0.05) is 20.7 Å². The Labute approximate surface area is 131 Å². The first-order valence-corrected chi connectivity index (χ1v) is 7.65. The molecule has 0 aliphatic rings. The van der Waals surface area contributed by atoms with Crippen molar-refractivity contribution in [2.45, 2.75) is 17.1 Å². The fraction of sp³-hybridized carbons (Fsp3) is 0.133. The number of rotatable bonds is 5. The van der Waals surface area contributed by atoms with Crippen molar-refractivity contribution in [3.05, 3.63) is 63.6 Å². The van der Waals surface area contributed by atoms with Crippen molar-refractivity contribution in [2.24, 2.45) is 0 Å². The number of thioether (sulfide) groups is 1. The smallest absolute Gasteiger partial charge is 0.307 e. The summed E-state index contributed by atoms with van der Waals surface area (Å²) in [6, 6.07) is 13.0. The van der Waals surface area contributed by atoms with Gasteiger partial charge in [0.25, 0.3) is 0 Å². The predicted molar refractivity (Wildman–Crippen MR) is 83.8 cm³/mol. The van der Waals surface area contributed by atoms with Crippen molar-refractivity contribution in [2.75, 3.05) is 0 Å². The lowest BCUT2D eigenvalue weighted by Gasteiger charge is -2.05. The van der Waals surface area contributed by atoms with Crippen molar-refractivity contribution in [3.63, 3.8) is 0 Å². The van der Waals surface area contributed by atoms with E-state index in [1.54, 1.807) is 17.8 Å². The van der Waals surface area contributed by atoms with E-state index in [0.29, 0.717) is 10.0 Å². The average Bonchev–Trinajstić information content (AvgIpc) is 2.36. The first-order valence-electron chi connectivity index (χ1n) is 5.91. The molecule has 2 aromatic rings. The van der Waals surface area contributed by atoms with Gasteiger partial charge in [-0.3, -0.25) is 4.79 Å². The second kappa shape index (κ2) is 7.02. The van der Waals surface area contributed by atoms with Crippen LogP contribution in [0.1, 0.15) is 11.1 Å². The van der Waals surface area contributed by atoms with E-state index in [9.17, 15) is 4.79 Å². The SMILES string of the molecule is O=C(O)Cc1ccc(CSc2cc(Cl)cc(Cl)c2)cc1. The van der Waals surface area contributed by atoms with Gasteiger partial charge in [0.05, 0.1) is 6.42 Å². The Morgan fingerprint density at radius 3 is 2.10 bits per heavy atom. The summed E-state index contributed by atoms with van der Waals surface area (Å²) in [7, 11) is 0. The number of carboxylic acids is 1. The molecule has 0 heterocycles. The Morgan fingerprint density at radius 2 is 1.55 bits per heavy atom. The van der Waals surface area contributed by atoms with Crippen LogP contribution in [0.5, 0.6) is 0 Å². The third-order valence-electron chi connectivity index (χ3n) is 2.62. The molecule has 0 aromatic heterocycles. The predicted octanol–water partition coefficient (Wildman–Crippen LogP) is 4.91. The number of aliphatic carboxylic acids is 1. The van der Waals surface area contributed by atoms with Crippen LogP contribution < -0.4 is 0 Å². The molecule has 0 amide bonds. The van der Waals surface area contributed by atoms with Crippen molar-refractivity contribution >= 4 is 40.9 Å². The number of carbonyl (C=O) groups is 1. The van der Waals surface area contributed by atoms with Gasteiger partial charge in [-0.05, 0) is 29.3 Å². The molecule has 0 atom stereocenters. The molecule has 5 heteroatoms. The van der Waals surface area contributed by atoms with Crippen LogP contribution in [-0.2, 0) is 17.0 Å². The zero-order valence-corrected chi connectivity index (χ0v) is 12.8. The van der Waals surface area contributed by atoms with Crippen LogP contribution in [0.25, 0.3) is 0 Å². The van der Waals surface area contributed by atoms with Gasteiger partial charge in [0.15, 0.2) is 0 Å². The van der Waals surface area contributed by atoms with E-state index in [1.165, 1.54) is 0 Å². The van der Waals surface area contributed by atoms with Crippen LogP contribution >= 0.6 is 35.0 Å². The van der Waals surface area contributed by atoms with E-state index in [4.69, 9.17) is 28.3 Å². The molecule has 0 radical (unpaired) electrons. The number of carboxylic acid groups (broad SMARTS) is 1. The third kappa shape index (κ3) is 4.75. The average molecular weight is 327 g/mol. The topological polar surface area (TPSA) is 37.3 Å². The Hall–Kier alpha value is -1.16. The van der Waals surface area contributed by atoms with Gasteiger partial charge >= 0.3 is 5.97 Å². The monoisotopic (exact) mass is 326 g/mol. The van der Waals surface area contributed by atoms with Gasteiger partial charge < -0.3 is 5.11 Å². The maximum Gasteiger partial charge on any atom is 0.307 e. The van der Waals surface area contributed by atoms with E-state index >= 15 is 0 Å². The van der Waals surface area contributed by atoms with Crippen LogP contribution in [0.3, 0.4) is 0 Å². The minimum atomic E-state index is -0.819. The van der Waals surface area contributed by atoms with Gasteiger partial charge in [-0.15, -0.1) is 11.8 Å². The molecule has 2 aromatic carbocycles. The van der Waals surface area contributed by atoms with Crippen molar-refractivity contribution in [1.82, 2.24) is 0 Å². The maximum absolute atomic E-state index is 10.6. The van der Waals surface area contributed by atoms with Crippen molar-refractivity contribution in [1.29, 1.82) is 0 Å². The van der Waals surface area contributed by atoms with Crippen molar-refractivity contribution < 1.29 is 9.90 Å². The Morgan fingerprint density at radius 1 is 1.00 bits per heavy atom. The third-order valence-corrected chi connectivity index (χ3v) is 4.10. The van der Waals surface area contributed by atoms with Crippen molar-refractivity contribution in [3.8, 4) is 0 Å². The minimum Gasteiger partial charge on any atom is -0.481 e. The molecule has 20 heavy (non-hydrogen) atoms. The quantitative estimate of drug-likeness (QED) is 0.793. The zero-order valence-electron chi connectivity index (χ0n) is 10.5. The summed E-state index contributed by atoms with van der Waals surface area (Å²) in [6.45, 7) is 0. The maximum atomic E-state index is 10.6. The highest BCUT2D eigenvalue weighted by Crippen LogP contribution is 2.28. The lowest BCUT2D eigenvalue weighted by Crippen LogP contribution is -1.99. The number of halogens is 2. The molecule has 2 rings (SSSR count). The van der Waals surface area contributed by atoms with E-state index in [2.05, 4.69) is 0 Å². The Bertz CT molecular complexity index is 592. The lowest BCUT2D eigenvalue weighted by atomic mass is 10.1. The van der Waals surface area contributed by atoms with Crippen LogP contribution in [0, 0.1) is 0 Å². The first kappa shape index (κ1) is 15.2. The number of benzene rings is 2. The summed E-state index contributed by atoms with van der Waals surface area (Å²) >= 11 is 13.5. The van der Waals surface area contributed by atoms with E-state index in [1.807, 2.05) is 36.4 Å². The molecule has 0 fully saturated rings. The molecule has 2 nitrogen and oxygen atoms in total. The normalized spacial score (nSPS) is 10.5. The van der Waals surface area contributed by atoms with Crippen LogP contribution in [0.2, 0.25) is 10.0 Å². The molecule has 0 spiro atoms. The highest BCUT2D eigenvalue weighted by molar-refractivity contribution is 7.98. The van der Waals surface area contributed by atoms with Gasteiger partial charge in [0.2, 0.25) is 0 Å². The second-order valence-corrected chi connectivity index (χ2v) is 6.20. The fourth-order valence-electron chi connectivity index (χ4n) is 1.71. The molecular weight excluding hydrogens is 315 g/mol. The number of hydrogen-bond acceptors (Lipinski definition) is 2. The van der Waals surface area contributed by atoms with Gasteiger partial charge in [-0.25, -0.2) is 0 Å². The molecule has 0 aliphatic carbocycles. The van der Waals surface area contributed by atoms with Crippen LogP contribution in [0.15, 0.2) is 47.4 Å². The molecule has 0 aliphatic heterocycles. The highest BCUT2D eigenvalue weighted by atomic mass is 35.5. The molecular formula is C15H12Cl2O2S. The fourth-order valence-corrected chi connectivity index (χ4v) is 3.31. The summed E-state index contributed by atoms with van der Waals surface area (Å²) in [5.74, 6) is -0.0370. The second-order valence-electron chi connectivity index (χ2n) is 4.28. The summed E-state index contributed by atoms with van der Waals surface area (Å²) in [5.41, 5.74) is 1.93. The molecule has 1 N–H and O–H groups in total. The Balaban J connectivity index is 1.98. The van der Waals surface area contributed by atoms with E-state index in [0.717, 1.165) is 21.8 Å². The van der Waals surface area contributed by atoms with E-state index < -0.39 is 5.97 Å². The van der Waals surface area contributed by atoms with Crippen LogP contribution in [0.4, 0.5) is 0 Å². The largest absolute Gasteiger partial charge is 0.481 e. The summed E-state index contributed by atoms with van der Waals surface area (Å²) in [4.78, 5) is 11.6. The molecule has 104 valence electrons. The molecule has 0 unspecified atom stereocenters. The lowest BCUT2D eigenvalue weighted by molar-refractivity contribution is -0.136. The highest BCUT2D eigenvalue weighted by Gasteiger charge is 2.02. The molecule has 0 bridgehead atoms. The minimum absolute atomic E-state index is 0.0529.